The Kier molecular flexibility index (Phi) is 24.1. The van der Waals surface area contributed by atoms with Crippen LogP contribution in [0.3, 0.4) is 0 Å². The number of carboxylic acid groups (broad SMARTS) is 2. The molecule has 12 nitrogen and oxygen atoms in total. The number of nitrogens with zero attached hydrogens (tertiary/aromatic N) is 2. The van der Waals surface area contributed by atoms with E-state index in [0.29, 0.717) is 12.8 Å². The van der Waals surface area contributed by atoms with Gasteiger partial charge in [-0.05, 0) is 25.7 Å². The molecule has 1 aromatic heterocycles. The van der Waals surface area contributed by atoms with Gasteiger partial charge in [-0.25, -0.2) is 4.79 Å². The molecule has 5 N–H and O–H groups in total. The van der Waals surface area contributed by atoms with Crippen LogP contribution in [-0.4, -0.2) is 59.7 Å². The summed E-state index contributed by atoms with van der Waals surface area (Å²) in [4.78, 5) is 48.2. The maximum Gasteiger partial charge on any atom is 0.330 e. The number of unbranched alkanes of at least 4 members (excludes halogenated alkanes) is 24. The maximum atomic E-state index is 12.9. The Morgan fingerprint density at radius 2 is 1.07 bits per heavy atom. The van der Waals surface area contributed by atoms with Crippen molar-refractivity contribution >= 4 is 11.9 Å². The summed E-state index contributed by atoms with van der Waals surface area (Å²) in [5.41, 5.74) is -4.80. The molecule has 0 amide bonds. The summed E-state index contributed by atoms with van der Waals surface area (Å²) in [5, 5.41) is 50.6. The van der Waals surface area contributed by atoms with Crippen molar-refractivity contribution in [3.05, 3.63) is 33.1 Å². The number of H-pyrrole nitrogens is 1. The van der Waals surface area contributed by atoms with Crippen molar-refractivity contribution in [2.45, 2.75) is 210 Å². The van der Waals surface area contributed by atoms with Gasteiger partial charge in [-0.1, -0.05) is 154 Å². The van der Waals surface area contributed by atoms with E-state index in [0.717, 1.165) is 109 Å². The van der Waals surface area contributed by atoms with E-state index in [1.54, 1.807) is 0 Å². The van der Waals surface area contributed by atoms with Gasteiger partial charge >= 0.3 is 17.6 Å². The second kappa shape index (κ2) is 27.6. The van der Waals surface area contributed by atoms with Gasteiger partial charge in [-0.2, -0.15) is 5.26 Å². The van der Waals surface area contributed by atoms with Crippen molar-refractivity contribution in [2.24, 2.45) is 5.92 Å². The van der Waals surface area contributed by atoms with Crippen LogP contribution in [0.5, 0.6) is 0 Å². The number of aliphatic hydroxyl groups is 2. The standard InChI is InChI=1S/C42H71N3O9/c43-33-41(34-46)42(53,31-26-22-18-14-10-6-2-5-9-13-17-21-25-29-38(50)51)35(39(54-41)45-32-30-36(47)44-40(45)52)27-23-19-15-11-7-3-1-4-8-12-16-20-24-28-37(48)49/h30,32,35,39,46,53H,1-29,31,34H2,(H,48,49)(H,50,51)(H,44,47,52)/t35-,39+,41+,42-/m0/s1. The number of carbonyl (C=O) groups is 2. The van der Waals surface area contributed by atoms with Gasteiger partial charge in [0.05, 0.1) is 6.61 Å². The second-order valence-electron chi connectivity index (χ2n) is 15.7. The van der Waals surface area contributed by atoms with Crippen LogP contribution in [0.1, 0.15) is 199 Å². The first-order chi connectivity index (χ1) is 26.1. The summed E-state index contributed by atoms with van der Waals surface area (Å²) >= 11 is 0. The number of carboxylic acids is 2. The first-order valence-electron chi connectivity index (χ1n) is 21.3. The number of aromatic amines is 1. The van der Waals surface area contributed by atoms with Crippen LogP contribution in [0, 0.1) is 17.2 Å². The molecule has 0 radical (unpaired) electrons. The molecule has 0 aliphatic carbocycles. The maximum absolute atomic E-state index is 12.9. The smallest absolute Gasteiger partial charge is 0.330 e. The summed E-state index contributed by atoms with van der Waals surface area (Å²) in [6.07, 6.45) is 28.9. The number of hydrogen-bond donors (Lipinski definition) is 5. The molecule has 2 rings (SSSR count). The van der Waals surface area contributed by atoms with E-state index in [9.17, 15) is 34.7 Å². The average Bonchev–Trinajstić information content (AvgIpc) is 3.38. The zero-order valence-corrected chi connectivity index (χ0v) is 33.0. The van der Waals surface area contributed by atoms with Crippen LogP contribution < -0.4 is 11.2 Å². The van der Waals surface area contributed by atoms with Gasteiger partial charge in [0.15, 0.2) is 0 Å². The SMILES string of the molecule is N#C[C@]1(CO)O[C@@H](n2ccc(=O)[nH]c2=O)[C@H](CCCCCCCCCCCCCCCC(=O)O)[C@@]1(O)CCCCCCCCCCCCCCCC(=O)O. The molecule has 308 valence electrons. The summed E-state index contributed by atoms with van der Waals surface area (Å²) in [6.45, 7) is -0.710. The number of nitriles is 1. The van der Waals surface area contributed by atoms with Crippen LogP contribution in [0.4, 0.5) is 0 Å². The molecule has 0 bridgehead atoms. The summed E-state index contributed by atoms with van der Waals surface area (Å²) in [6, 6.07) is 3.31. The number of nitrogens with one attached hydrogen (secondary N) is 1. The quantitative estimate of drug-likeness (QED) is 0.0424. The molecule has 4 atom stereocenters. The van der Waals surface area contributed by atoms with Gasteiger partial charge in [0.2, 0.25) is 5.60 Å². The lowest BCUT2D eigenvalue weighted by molar-refractivity contribution is -0.138. The van der Waals surface area contributed by atoms with E-state index in [2.05, 4.69) is 11.1 Å². The number of hydrogen-bond acceptors (Lipinski definition) is 8. The Labute approximate surface area is 322 Å². The van der Waals surface area contributed by atoms with Gasteiger partial charge < -0.3 is 25.2 Å². The number of ether oxygens (including phenoxy) is 1. The first-order valence-corrected chi connectivity index (χ1v) is 21.3. The average molecular weight is 762 g/mol. The van der Waals surface area contributed by atoms with E-state index in [1.165, 1.54) is 68.2 Å². The highest BCUT2D eigenvalue weighted by Crippen LogP contribution is 2.52. The zero-order chi connectivity index (χ0) is 39.5. The van der Waals surface area contributed by atoms with Crippen LogP contribution in [-0.2, 0) is 14.3 Å². The number of aromatic nitrogens is 2. The molecule has 0 aromatic carbocycles. The van der Waals surface area contributed by atoms with Crippen molar-refractivity contribution in [1.29, 1.82) is 5.26 Å². The minimum Gasteiger partial charge on any atom is -0.481 e. The molecule has 0 saturated carbocycles. The predicted molar refractivity (Wildman–Crippen MR) is 209 cm³/mol. The molecule has 1 aliphatic rings. The molecule has 12 heteroatoms. The minimum absolute atomic E-state index is 0.259. The van der Waals surface area contributed by atoms with Crippen LogP contribution in [0.15, 0.2) is 21.9 Å². The molecule has 0 unspecified atom stereocenters. The summed E-state index contributed by atoms with van der Waals surface area (Å²) in [5.74, 6) is -2.07. The molecule has 1 fully saturated rings. The van der Waals surface area contributed by atoms with Gasteiger partial charge in [0.1, 0.15) is 17.9 Å². The van der Waals surface area contributed by atoms with Crippen molar-refractivity contribution in [2.75, 3.05) is 6.61 Å². The summed E-state index contributed by atoms with van der Waals surface area (Å²) in [7, 11) is 0. The van der Waals surface area contributed by atoms with Crippen LogP contribution in [0.25, 0.3) is 0 Å². The molecule has 0 spiro atoms. The van der Waals surface area contributed by atoms with Crippen LogP contribution in [0.2, 0.25) is 0 Å². The number of aliphatic carboxylic acids is 2. The normalized spacial score (nSPS) is 21.0. The van der Waals surface area contributed by atoms with Crippen molar-refractivity contribution in [1.82, 2.24) is 9.55 Å². The first kappa shape index (κ1) is 47.1. The Morgan fingerprint density at radius 3 is 1.44 bits per heavy atom. The molecule has 1 saturated heterocycles. The van der Waals surface area contributed by atoms with Gasteiger partial charge in [-0.15, -0.1) is 0 Å². The fourth-order valence-corrected chi connectivity index (χ4v) is 8.11. The molecule has 2 heterocycles. The fourth-order valence-electron chi connectivity index (χ4n) is 8.11. The van der Waals surface area contributed by atoms with Gasteiger partial charge in [0, 0.05) is 31.0 Å². The van der Waals surface area contributed by atoms with Crippen molar-refractivity contribution < 1.29 is 34.8 Å². The van der Waals surface area contributed by atoms with E-state index in [4.69, 9.17) is 14.9 Å². The lowest BCUT2D eigenvalue weighted by Gasteiger charge is -2.37. The number of rotatable bonds is 34. The van der Waals surface area contributed by atoms with E-state index >= 15 is 0 Å². The lowest BCUT2D eigenvalue weighted by atomic mass is 9.71. The highest BCUT2D eigenvalue weighted by atomic mass is 16.6. The zero-order valence-electron chi connectivity index (χ0n) is 33.0. The van der Waals surface area contributed by atoms with E-state index in [-0.39, 0.29) is 19.3 Å². The van der Waals surface area contributed by atoms with E-state index < -0.39 is 53.1 Å². The van der Waals surface area contributed by atoms with Gasteiger partial charge in [0.25, 0.3) is 5.56 Å². The lowest BCUT2D eigenvalue weighted by Crippen LogP contribution is -2.55. The summed E-state index contributed by atoms with van der Waals surface area (Å²) < 4.78 is 7.41. The Hall–Kier alpha value is -3.01. The van der Waals surface area contributed by atoms with Crippen molar-refractivity contribution in [3.63, 3.8) is 0 Å². The Morgan fingerprint density at radius 1 is 0.685 bits per heavy atom. The fraction of sp³-hybridized carbons (Fsp3) is 0.833. The predicted octanol–water partition coefficient (Wildman–Crippen LogP) is 8.54. The topological polar surface area (TPSA) is 203 Å². The highest BCUT2D eigenvalue weighted by Gasteiger charge is 2.65. The monoisotopic (exact) mass is 762 g/mol. The Balaban J connectivity index is 1.80. The third kappa shape index (κ3) is 17.2. The van der Waals surface area contributed by atoms with Crippen molar-refractivity contribution in [3.8, 4) is 6.07 Å². The molecule has 54 heavy (non-hydrogen) atoms. The van der Waals surface area contributed by atoms with Gasteiger partial charge in [-0.3, -0.25) is 23.9 Å². The molecule has 1 aliphatic heterocycles. The highest BCUT2D eigenvalue weighted by molar-refractivity contribution is 5.66. The third-order valence-electron chi connectivity index (χ3n) is 11.4. The number of aliphatic hydroxyl groups excluding tert-OH is 1. The molecule has 1 aromatic rings. The van der Waals surface area contributed by atoms with E-state index in [1.807, 2.05) is 0 Å². The minimum atomic E-state index is -1.90. The molecular formula is C42H71N3O9. The molecular weight excluding hydrogens is 690 g/mol. The second-order valence-corrected chi connectivity index (χ2v) is 15.7. The van der Waals surface area contributed by atoms with Crippen LogP contribution >= 0.6 is 0 Å². The third-order valence-corrected chi connectivity index (χ3v) is 11.4. The largest absolute Gasteiger partial charge is 0.481 e. The Bertz CT molecular complexity index is 1340.